The SMILES string of the molecule is CN1CCN(c2ccc(-c3c(-c4cccc(C(=O)NC5CCNCC5)c4)c4c(Cl)ccnc4n3C)cc2)CC1. The van der Waals surface area contributed by atoms with Crippen LogP contribution in [0.4, 0.5) is 5.69 Å². The predicted molar refractivity (Wildman–Crippen MR) is 160 cm³/mol. The van der Waals surface area contributed by atoms with Gasteiger partial charge in [-0.1, -0.05) is 35.9 Å². The Morgan fingerprint density at radius 1 is 0.974 bits per heavy atom. The van der Waals surface area contributed by atoms with Crippen LogP contribution >= 0.6 is 11.6 Å². The number of amides is 1. The fourth-order valence-electron chi connectivity index (χ4n) is 5.87. The van der Waals surface area contributed by atoms with Crippen molar-refractivity contribution in [2.75, 3.05) is 51.2 Å². The van der Waals surface area contributed by atoms with E-state index >= 15 is 0 Å². The average Bonchev–Trinajstić information content (AvgIpc) is 3.27. The van der Waals surface area contributed by atoms with Crippen LogP contribution in [-0.4, -0.2) is 72.7 Å². The van der Waals surface area contributed by atoms with Crippen LogP contribution in [0.3, 0.4) is 0 Å². The lowest BCUT2D eigenvalue weighted by Crippen LogP contribution is -2.44. The first kappa shape index (κ1) is 25.9. The maximum Gasteiger partial charge on any atom is 0.251 e. The zero-order valence-corrected chi connectivity index (χ0v) is 23.3. The molecule has 2 aliphatic heterocycles. The van der Waals surface area contributed by atoms with Crippen molar-refractivity contribution in [1.82, 2.24) is 25.1 Å². The smallest absolute Gasteiger partial charge is 0.251 e. The zero-order valence-electron chi connectivity index (χ0n) is 22.6. The molecule has 2 saturated heterocycles. The molecule has 0 atom stereocenters. The molecule has 2 aliphatic rings. The number of fused-ring (bicyclic) bond motifs is 1. The van der Waals surface area contributed by atoms with Crippen LogP contribution < -0.4 is 15.5 Å². The van der Waals surface area contributed by atoms with Crippen molar-refractivity contribution in [3.63, 3.8) is 0 Å². The Labute approximate surface area is 234 Å². The fourth-order valence-corrected chi connectivity index (χ4v) is 6.11. The Hall–Kier alpha value is -3.39. The van der Waals surface area contributed by atoms with E-state index in [1.54, 1.807) is 6.20 Å². The molecule has 4 heterocycles. The minimum absolute atomic E-state index is 0.0358. The van der Waals surface area contributed by atoms with Crippen LogP contribution in [0, 0.1) is 0 Å². The number of likely N-dealkylation sites (N-methyl/N-ethyl adjacent to an activating group) is 1. The van der Waals surface area contributed by atoms with Crippen LogP contribution in [0.1, 0.15) is 23.2 Å². The summed E-state index contributed by atoms with van der Waals surface area (Å²) in [7, 11) is 4.21. The number of carbonyl (C=O) groups excluding carboxylic acids is 1. The van der Waals surface area contributed by atoms with Gasteiger partial charge >= 0.3 is 0 Å². The second-order valence-corrected chi connectivity index (χ2v) is 11.1. The molecule has 2 fully saturated rings. The van der Waals surface area contributed by atoms with Crippen molar-refractivity contribution in [1.29, 1.82) is 0 Å². The second-order valence-electron chi connectivity index (χ2n) is 10.7. The number of aryl methyl sites for hydroxylation is 1. The number of nitrogens with zero attached hydrogens (tertiary/aromatic N) is 4. The van der Waals surface area contributed by atoms with E-state index in [0.717, 1.165) is 85.5 Å². The van der Waals surface area contributed by atoms with Gasteiger partial charge in [0.05, 0.1) is 10.7 Å². The van der Waals surface area contributed by atoms with Crippen molar-refractivity contribution in [3.8, 4) is 22.4 Å². The van der Waals surface area contributed by atoms with Gasteiger partial charge in [-0.3, -0.25) is 4.79 Å². The lowest BCUT2D eigenvalue weighted by molar-refractivity contribution is 0.0929. The van der Waals surface area contributed by atoms with E-state index < -0.39 is 0 Å². The maximum atomic E-state index is 13.2. The molecule has 0 spiro atoms. The number of piperidine rings is 1. The summed E-state index contributed by atoms with van der Waals surface area (Å²) in [5.41, 5.74) is 6.77. The number of anilines is 1. The molecule has 8 heteroatoms. The molecular weight excluding hydrogens is 508 g/mol. The highest BCUT2D eigenvalue weighted by atomic mass is 35.5. The molecule has 202 valence electrons. The Kier molecular flexibility index (Phi) is 7.30. The number of piperazine rings is 1. The van der Waals surface area contributed by atoms with E-state index in [4.69, 9.17) is 11.6 Å². The quantitative estimate of drug-likeness (QED) is 0.379. The highest BCUT2D eigenvalue weighted by molar-refractivity contribution is 6.37. The number of aromatic nitrogens is 2. The van der Waals surface area contributed by atoms with E-state index in [0.29, 0.717) is 10.6 Å². The van der Waals surface area contributed by atoms with Gasteiger partial charge in [0.2, 0.25) is 0 Å². The molecule has 0 unspecified atom stereocenters. The van der Waals surface area contributed by atoms with Gasteiger partial charge in [0.25, 0.3) is 5.91 Å². The molecule has 0 bridgehead atoms. The van der Waals surface area contributed by atoms with Gasteiger partial charge in [-0.25, -0.2) is 4.98 Å². The lowest BCUT2D eigenvalue weighted by atomic mass is 9.96. The van der Waals surface area contributed by atoms with Crippen molar-refractivity contribution >= 4 is 34.2 Å². The number of hydrogen-bond donors (Lipinski definition) is 2. The van der Waals surface area contributed by atoms with Crippen molar-refractivity contribution in [3.05, 3.63) is 71.4 Å². The summed E-state index contributed by atoms with van der Waals surface area (Å²) in [5, 5.41) is 8.12. The Balaban J connectivity index is 1.40. The average molecular weight is 543 g/mol. The lowest BCUT2D eigenvalue weighted by Gasteiger charge is -2.34. The van der Waals surface area contributed by atoms with E-state index in [1.165, 1.54) is 5.69 Å². The van der Waals surface area contributed by atoms with Crippen molar-refractivity contribution in [2.45, 2.75) is 18.9 Å². The van der Waals surface area contributed by atoms with Gasteiger partial charge in [-0.05, 0) is 74.4 Å². The fraction of sp³-hybridized carbons (Fsp3) is 0.355. The van der Waals surface area contributed by atoms with Gasteiger partial charge in [0.15, 0.2) is 0 Å². The highest BCUT2D eigenvalue weighted by Gasteiger charge is 2.23. The summed E-state index contributed by atoms with van der Waals surface area (Å²) in [6, 6.07) is 18.7. The first-order valence-corrected chi connectivity index (χ1v) is 14.2. The van der Waals surface area contributed by atoms with Gasteiger partial charge in [0, 0.05) is 67.7 Å². The largest absolute Gasteiger partial charge is 0.369 e. The third-order valence-electron chi connectivity index (χ3n) is 8.12. The number of benzene rings is 2. The normalized spacial score (nSPS) is 17.1. The third-order valence-corrected chi connectivity index (χ3v) is 8.43. The molecule has 0 aliphatic carbocycles. The molecule has 7 nitrogen and oxygen atoms in total. The maximum absolute atomic E-state index is 13.2. The van der Waals surface area contributed by atoms with Crippen molar-refractivity contribution < 1.29 is 4.79 Å². The molecule has 0 radical (unpaired) electrons. The molecule has 6 rings (SSSR count). The van der Waals surface area contributed by atoms with Crippen molar-refractivity contribution in [2.24, 2.45) is 7.05 Å². The number of carbonyl (C=O) groups is 1. The number of pyridine rings is 1. The molecule has 2 aromatic heterocycles. The van der Waals surface area contributed by atoms with Crippen LogP contribution in [0.15, 0.2) is 60.8 Å². The van der Waals surface area contributed by atoms with Crippen LogP contribution in [0.25, 0.3) is 33.4 Å². The Morgan fingerprint density at radius 2 is 1.72 bits per heavy atom. The topological polar surface area (TPSA) is 65.4 Å². The van der Waals surface area contributed by atoms with E-state index in [-0.39, 0.29) is 11.9 Å². The summed E-state index contributed by atoms with van der Waals surface area (Å²) < 4.78 is 2.11. The Bertz CT molecular complexity index is 1480. The molecule has 2 aromatic carbocycles. The minimum Gasteiger partial charge on any atom is -0.369 e. The highest BCUT2D eigenvalue weighted by Crippen LogP contribution is 2.43. The van der Waals surface area contributed by atoms with Crippen LogP contribution in [-0.2, 0) is 7.05 Å². The summed E-state index contributed by atoms with van der Waals surface area (Å²) >= 11 is 6.81. The molecule has 1 amide bonds. The van der Waals surface area contributed by atoms with Gasteiger partial charge in [0.1, 0.15) is 5.65 Å². The first-order valence-electron chi connectivity index (χ1n) is 13.8. The summed E-state index contributed by atoms with van der Waals surface area (Å²) in [5.74, 6) is -0.0358. The monoisotopic (exact) mass is 542 g/mol. The predicted octanol–water partition coefficient (Wildman–Crippen LogP) is 4.79. The molecule has 0 saturated carbocycles. The number of nitrogens with one attached hydrogen (secondary N) is 2. The standard InChI is InChI=1S/C31H35ClN6O/c1-36-16-18-38(19-17-36)25-8-6-21(7-9-25)29-27(28-26(32)12-15-34-30(28)37(29)2)22-4-3-5-23(20-22)31(39)35-24-10-13-33-14-11-24/h3-9,12,15,20,24,33H,10-11,13-14,16-19H2,1-2H3,(H,35,39). The summed E-state index contributed by atoms with van der Waals surface area (Å²) in [4.78, 5) is 22.7. The third kappa shape index (κ3) is 5.14. The number of hydrogen-bond acceptors (Lipinski definition) is 5. The van der Waals surface area contributed by atoms with E-state index in [9.17, 15) is 4.79 Å². The van der Waals surface area contributed by atoms with E-state index in [2.05, 4.69) is 67.4 Å². The Morgan fingerprint density at radius 3 is 2.46 bits per heavy atom. The van der Waals surface area contributed by atoms with E-state index in [1.807, 2.05) is 31.3 Å². The number of halogens is 1. The first-order chi connectivity index (χ1) is 19.0. The molecule has 2 N–H and O–H groups in total. The minimum atomic E-state index is -0.0358. The van der Waals surface area contributed by atoms with Gasteiger partial charge in [-0.2, -0.15) is 0 Å². The second kappa shape index (κ2) is 11.0. The van der Waals surface area contributed by atoms with Gasteiger partial charge < -0.3 is 25.0 Å². The molecular formula is C31H35ClN6O. The van der Waals surface area contributed by atoms with Crippen LogP contribution in [0.5, 0.6) is 0 Å². The zero-order chi connectivity index (χ0) is 26.9. The number of rotatable bonds is 5. The van der Waals surface area contributed by atoms with Crippen LogP contribution in [0.2, 0.25) is 5.02 Å². The van der Waals surface area contributed by atoms with Gasteiger partial charge in [-0.15, -0.1) is 0 Å². The molecule has 4 aromatic rings. The summed E-state index contributed by atoms with van der Waals surface area (Å²) in [6.07, 6.45) is 3.65. The summed E-state index contributed by atoms with van der Waals surface area (Å²) in [6.45, 7) is 6.07. The molecule has 39 heavy (non-hydrogen) atoms.